The van der Waals surface area contributed by atoms with Crippen LogP contribution < -0.4 is 10.1 Å². The van der Waals surface area contributed by atoms with Gasteiger partial charge in [0, 0.05) is 5.56 Å². The second kappa shape index (κ2) is 11.2. The maximum absolute atomic E-state index is 12.5. The third-order valence-electron chi connectivity index (χ3n) is 5.47. The number of aromatic nitrogens is 2. The maximum atomic E-state index is 12.5. The normalized spacial score (nSPS) is 10.6. The highest BCUT2D eigenvalue weighted by molar-refractivity contribution is 5.94. The van der Waals surface area contributed by atoms with E-state index in [2.05, 4.69) is 10.4 Å². The van der Waals surface area contributed by atoms with E-state index in [1.165, 1.54) is 0 Å². The van der Waals surface area contributed by atoms with Gasteiger partial charge >= 0.3 is 5.97 Å². The van der Waals surface area contributed by atoms with Crippen LogP contribution in [0, 0.1) is 13.8 Å². The van der Waals surface area contributed by atoms with Crippen molar-refractivity contribution in [3.05, 3.63) is 107 Å². The zero-order valence-electron chi connectivity index (χ0n) is 19.7. The lowest BCUT2D eigenvalue weighted by atomic mass is 10.1. The molecule has 3 aromatic carbocycles. The molecule has 0 saturated heterocycles. The third-order valence-corrected chi connectivity index (χ3v) is 5.47. The van der Waals surface area contributed by atoms with E-state index in [9.17, 15) is 9.59 Å². The van der Waals surface area contributed by atoms with Gasteiger partial charge in [0.05, 0.1) is 29.2 Å². The average molecular weight is 470 g/mol. The van der Waals surface area contributed by atoms with Gasteiger partial charge in [-0.25, -0.2) is 4.68 Å². The maximum Gasteiger partial charge on any atom is 0.310 e. The second-order valence-corrected chi connectivity index (χ2v) is 8.06. The molecular weight excluding hydrogens is 442 g/mol. The summed E-state index contributed by atoms with van der Waals surface area (Å²) in [4.78, 5) is 24.9. The fourth-order valence-electron chi connectivity index (χ4n) is 3.70. The first-order valence-corrected chi connectivity index (χ1v) is 11.3. The molecule has 0 saturated carbocycles. The molecule has 4 rings (SSSR count). The first-order valence-electron chi connectivity index (χ1n) is 11.3. The summed E-state index contributed by atoms with van der Waals surface area (Å²) < 4.78 is 12.9. The van der Waals surface area contributed by atoms with Gasteiger partial charge in [-0.05, 0) is 37.6 Å². The number of anilines is 1. The third kappa shape index (κ3) is 6.14. The van der Waals surface area contributed by atoms with Gasteiger partial charge in [0.2, 0.25) is 0 Å². The Labute approximate surface area is 204 Å². The number of carbonyl (C=O) groups is 2. The van der Waals surface area contributed by atoms with Crippen molar-refractivity contribution in [2.75, 3.05) is 11.9 Å². The van der Waals surface area contributed by atoms with E-state index < -0.39 is 11.9 Å². The van der Waals surface area contributed by atoms with Gasteiger partial charge in [-0.2, -0.15) is 5.10 Å². The minimum Gasteiger partial charge on any atom is -0.489 e. The van der Waals surface area contributed by atoms with Gasteiger partial charge in [-0.15, -0.1) is 0 Å². The number of esters is 1. The summed E-state index contributed by atoms with van der Waals surface area (Å²) in [6, 6.07) is 26.8. The molecule has 7 heteroatoms. The van der Waals surface area contributed by atoms with Crippen LogP contribution in [0.25, 0.3) is 5.69 Å². The monoisotopic (exact) mass is 469 g/mol. The van der Waals surface area contributed by atoms with E-state index in [-0.39, 0.29) is 13.0 Å². The van der Waals surface area contributed by atoms with E-state index in [4.69, 9.17) is 9.47 Å². The van der Waals surface area contributed by atoms with E-state index in [1.54, 1.807) is 4.68 Å². The molecule has 0 atom stereocenters. The van der Waals surface area contributed by atoms with Crippen molar-refractivity contribution < 1.29 is 19.1 Å². The van der Waals surface area contributed by atoms with Crippen LogP contribution in [0.5, 0.6) is 5.75 Å². The highest BCUT2D eigenvalue weighted by Crippen LogP contribution is 2.23. The van der Waals surface area contributed by atoms with Crippen LogP contribution in [0.1, 0.15) is 22.5 Å². The minimum atomic E-state index is -0.510. The smallest absolute Gasteiger partial charge is 0.310 e. The quantitative estimate of drug-likeness (QED) is 0.356. The van der Waals surface area contributed by atoms with Crippen molar-refractivity contribution in [2.45, 2.75) is 26.9 Å². The number of carbonyl (C=O) groups excluding carboxylic acids is 2. The lowest BCUT2D eigenvalue weighted by molar-refractivity contribution is -0.146. The SMILES string of the molecule is Cc1nn(-c2ccccc2)c(C)c1NC(=O)COC(=O)Cc1ccccc1OCc1ccccc1. The Morgan fingerprint density at radius 3 is 2.29 bits per heavy atom. The van der Waals surface area contributed by atoms with Crippen molar-refractivity contribution in [1.82, 2.24) is 9.78 Å². The Kier molecular flexibility index (Phi) is 7.57. The Morgan fingerprint density at radius 1 is 0.886 bits per heavy atom. The van der Waals surface area contributed by atoms with Crippen LogP contribution >= 0.6 is 0 Å². The van der Waals surface area contributed by atoms with Gasteiger partial charge in [-0.1, -0.05) is 66.7 Å². The number of rotatable bonds is 9. The van der Waals surface area contributed by atoms with Crippen molar-refractivity contribution in [1.29, 1.82) is 0 Å². The van der Waals surface area contributed by atoms with Crippen LogP contribution in [-0.4, -0.2) is 28.3 Å². The Hall–Kier alpha value is -4.39. The summed E-state index contributed by atoms with van der Waals surface area (Å²) in [5.74, 6) is -0.326. The number of benzene rings is 3. The molecule has 0 aliphatic carbocycles. The Morgan fingerprint density at radius 2 is 1.54 bits per heavy atom. The average Bonchev–Trinajstić information content (AvgIpc) is 3.16. The van der Waals surface area contributed by atoms with Crippen molar-refractivity contribution >= 4 is 17.6 Å². The molecule has 0 radical (unpaired) electrons. The van der Waals surface area contributed by atoms with Gasteiger partial charge in [0.1, 0.15) is 12.4 Å². The van der Waals surface area contributed by atoms with Gasteiger partial charge in [0.15, 0.2) is 6.61 Å². The summed E-state index contributed by atoms with van der Waals surface area (Å²) >= 11 is 0. The van der Waals surface area contributed by atoms with Gasteiger partial charge < -0.3 is 14.8 Å². The number of hydrogen-bond acceptors (Lipinski definition) is 5. The number of nitrogens with one attached hydrogen (secondary N) is 1. The van der Waals surface area contributed by atoms with Crippen molar-refractivity contribution in [3.8, 4) is 11.4 Å². The molecule has 1 N–H and O–H groups in total. The lowest BCUT2D eigenvalue weighted by Crippen LogP contribution is -2.22. The van der Waals surface area contributed by atoms with Gasteiger partial charge in [-0.3, -0.25) is 9.59 Å². The molecule has 1 aromatic heterocycles. The van der Waals surface area contributed by atoms with E-state index in [1.807, 2.05) is 98.8 Å². The Bertz CT molecular complexity index is 1300. The summed E-state index contributed by atoms with van der Waals surface area (Å²) in [6.45, 7) is 3.70. The number of aryl methyl sites for hydroxylation is 1. The molecule has 0 fully saturated rings. The number of para-hydroxylation sites is 2. The first-order chi connectivity index (χ1) is 17.0. The highest BCUT2D eigenvalue weighted by atomic mass is 16.5. The highest BCUT2D eigenvalue weighted by Gasteiger charge is 2.17. The zero-order chi connectivity index (χ0) is 24.6. The van der Waals surface area contributed by atoms with Crippen molar-refractivity contribution in [3.63, 3.8) is 0 Å². The predicted molar refractivity (Wildman–Crippen MR) is 134 cm³/mol. The fourth-order valence-corrected chi connectivity index (χ4v) is 3.70. The molecule has 0 spiro atoms. The fraction of sp³-hybridized carbons (Fsp3) is 0.179. The molecule has 1 heterocycles. The minimum absolute atomic E-state index is 0.00222. The topological polar surface area (TPSA) is 82.5 Å². The van der Waals surface area contributed by atoms with Crippen LogP contribution in [0.2, 0.25) is 0 Å². The molecule has 7 nitrogen and oxygen atoms in total. The number of amides is 1. The standard InChI is InChI=1S/C28H27N3O4/c1-20-28(21(2)31(30-20)24-14-7-4-8-15-24)29-26(32)19-35-27(33)17-23-13-9-10-16-25(23)34-18-22-11-5-3-6-12-22/h3-16H,17-19H2,1-2H3,(H,29,32). The molecule has 0 unspecified atom stereocenters. The summed E-state index contributed by atoms with van der Waals surface area (Å²) in [7, 11) is 0. The zero-order valence-corrected chi connectivity index (χ0v) is 19.7. The Balaban J connectivity index is 1.32. The van der Waals surface area contributed by atoms with Crippen LogP contribution in [-0.2, 0) is 27.4 Å². The van der Waals surface area contributed by atoms with E-state index >= 15 is 0 Å². The van der Waals surface area contributed by atoms with E-state index in [0.717, 1.165) is 16.9 Å². The molecular formula is C28H27N3O4. The van der Waals surface area contributed by atoms with Gasteiger partial charge in [0.25, 0.3) is 5.91 Å². The molecule has 178 valence electrons. The molecule has 0 aliphatic rings. The first kappa shape index (κ1) is 23.8. The molecule has 35 heavy (non-hydrogen) atoms. The molecule has 0 bridgehead atoms. The summed E-state index contributed by atoms with van der Waals surface area (Å²) in [5, 5.41) is 7.33. The second-order valence-electron chi connectivity index (χ2n) is 8.06. The lowest BCUT2D eigenvalue weighted by Gasteiger charge is -2.12. The van der Waals surface area contributed by atoms with E-state index in [0.29, 0.717) is 29.3 Å². The molecule has 4 aromatic rings. The number of ether oxygens (including phenoxy) is 2. The predicted octanol–water partition coefficient (Wildman–Crippen LogP) is 4.79. The van der Waals surface area contributed by atoms with Crippen LogP contribution in [0.4, 0.5) is 5.69 Å². The molecule has 0 aliphatic heterocycles. The number of nitrogens with zero attached hydrogens (tertiary/aromatic N) is 2. The summed E-state index contributed by atoms with van der Waals surface area (Å²) in [5.41, 5.74) is 4.70. The largest absolute Gasteiger partial charge is 0.489 e. The summed E-state index contributed by atoms with van der Waals surface area (Å²) in [6.07, 6.45) is 0.00222. The molecule has 1 amide bonds. The number of hydrogen-bond donors (Lipinski definition) is 1. The van der Waals surface area contributed by atoms with Crippen LogP contribution in [0.3, 0.4) is 0 Å². The van der Waals surface area contributed by atoms with Crippen molar-refractivity contribution in [2.24, 2.45) is 0 Å². The van der Waals surface area contributed by atoms with Crippen LogP contribution in [0.15, 0.2) is 84.9 Å².